The number of phenolic OH excluding ortho intramolecular Hbond substituents is 3. The number of amides is 1. The highest BCUT2D eigenvalue weighted by Gasteiger charge is 2.50. The van der Waals surface area contributed by atoms with Crippen LogP contribution in [0.3, 0.4) is 0 Å². The molecule has 14 nitrogen and oxygen atoms in total. The minimum atomic E-state index is -2.01. The summed E-state index contributed by atoms with van der Waals surface area (Å²) in [7, 11) is 3.02. The monoisotopic (exact) mass is 740 g/mol. The molecule has 14 heteroatoms. The van der Waals surface area contributed by atoms with Gasteiger partial charge in [-0.3, -0.25) is 14.4 Å². The molecule has 0 saturated heterocycles. The van der Waals surface area contributed by atoms with E-state index in [9.17, 15) is 39.9 Å². The second-order valence-corrected chi connectivity index (χ2v) is 14.2. The molecule has 0 fully saturated rings. The molecule has 0 saturated carbocycles. The number of hydrogen-bond acceptors (Lipinski definition) is 13. The molecule has 0 radical (unpaired) electrons. The van der Waals surface area contributed by atoms with E-state index in [2.05, 4.69) is 10.6 Å². The number of ketones is 1. The Morgan fingerprint density at radius 1 is 0.962 bits per heavy atom. The van der Waals surface area contributed by atoms with Crippen LogP contribution in [-0.2, 0) is 30.3 Å². The van der Waals surface area contributed by atoms with Crippen molar-refractivity contribution < 1.29 is 58.9 Å². The van der Waals surface area contributed by atoms with Gasteiger partial charge in [0.25, 0.3) is 11.7 Å². The summed E-state index contributed by atoms with van der Waals surface area (Å²) < 4.78 is 23.4. The van der Waals surface area contributed by atoms with Gasteiger partial charge in [0.15, 0.2) is 5.75 Å². The number of Topliss-reactive ketones (excluding diaryl/α,β-unsaturated/α-hetero) is 1. The zero-order chi connectivity index (χ0) is 39.7. The molecule has 1 amide bonds. The number of aromatic hydroxyl groups is 3. The van der Waals surface area contributed by atoms with E-state index < -0.39 is 88.8 Å². The number of carbonyl (C=O) groups is 3. The van der Waals surface area contributed by atoms with Gasteiger partial charge >= 0.3 is 11.8 Å². The molecular formula is C39H52N2O12. The van der Waals surface area contributed by atoms with Crippen LogP contribution >= 0.6 is 0 Å². The van der Waals surface area contributed by atoms with Crippen LogP contribution in [0.5, 0.6) is 23.0 Å². The maximum Gasteiger partial charge on any atom is 0.312 e. The van der Waals surface area contributed by atoms with E-state index in [0.717, 1.165) is 0 Å². The number of benzene rings is 2. The third kappa shape index (κ3) is 7.72. The minimum absolute atomic E-state index is 0.0362. The van der Waals surface area contributed by atoms with E-state index in [1.54, 1.807) is 46.9 Å². The van der Waals surface area contributed by atoms with E-state index in [1.807, 2.05) is 0 Å². The van der Waals surface area contributed by atoms with E-state index in [-0.39, 0.29) is 51.0 Å². The number of esters is 1. The van der Waals surface area contributed by atoms with Gasteiger partial charge in [-0.05, 0) is 27.0 Å². The molecule has 3 aliphatic rings. The van der Waals surface area contributed by atoms with Crippen LogP contribution < -0.4 is 15.4 Å². The van der Waals surface area contributed by atoms with Gasteiger partial charge in [0.05, 0.1) is 41.2 Å². The summed E-state index contributed by atoms with van der Waals surface area (Å²) in [4.78, 5) is 39.9. The maximum absolute atomic E-state index is 14.2. The number of anilines is 1. The zero-order valence-electron chi connectivity index (χ0n) is 31.8. The maximum atomic E-state index is 14.2. The zero-order valence-corrected chi connectivity index (χ0v) is 31.8. The molecule has 7 N–H and O–H groups in total. The molecular weight excluding hydrogens is 688 g/mol. The lowest BCUT2D eigenvalue weighted by Crippen LogP contribution is -2.46. The molecule has 0 aliphatic carbocycles. The summed E-state index contributed by atoms with van der Waals surface area (Å²) in [6, 6.07) is 0. The average Bonchev–Trinajstić information content (AvgIpc) is 3.38. The number of nitrogens with one attached hydrogen (secondary N) is 2. The molecule has 0 spiro atoms. The number of ether oxygens (including phenoxy) is 4. The van der Waals surface area contributed by atoms with Gasteiger partial charge < -0.3 is 55.1 Å². The lowest BCUT2D eigenvalue weighted by Gasteiger charge is -2.38. The lowest BCUT2D eigenvalue weighted by atomic mass is 9.78. The van der Waals surface area contributed by atoms with Gasteiger partial charge in [-0.25, -0.2) is 0 Å². The molecule has 5 bridgehead atoms. The van der Waals surface area contributed by atoms with Crippen LogP contribution in [0.25, 0.3) is 10.8 Å². The summed E-state index contributed by atoms with van der Waals surface area (Å²) >= 11 is 0. The Kier molecular flexibility index (Phi) is 12.5. The van der Waals surface area contributed by atoms with Crippen molar-refractivity contribution in [2.45, 2.75) is 92.1 Å². The summed E-state index contributed by atoms with van der Waals surface area (Å²) in [6.07, 6.45) is 3.62. The molecule has 290 valence electrons. The van der Waals surface area contributed by atoms with E-state index in [0.29, 0.717) is 0 Å². The van der Waals surface area contributed by atoms with Crippen LogP contribution in [0.15, 0.2) is 36.1 Å². The van der Waals surface area contributed by atoms with Crippen molar-refractivity contribution in [3.8, 4) is 23.0 Å². The molecule has 0 unspecified atom stereocenters. The van der Waals surface area contributed by atoms with Crippen LogP contribution in [0.2, 0.25) is 0 Å². The van der Waals surface area contributed by atoms with Crippen molar-refractivity contribution in [2.24, 2.45) is 23.7 Å². The van der Waals surface area contributed by atoms with Crippen LogP contribution in [0, 0.1) is 30.6 Å². The first-order valence-electron chi connectivity index (χ1n) is 17.5. The van der Waals surface area contributed by atoms with Crippen LogP contribution in [0.4, 0.5) is 5.69 Å². The van der Waals surface area contributed by atoms with Crippen molar-refractivity contribution in [3.63, 3.8) is 0 Å². The van der Waals surface area contributed by atoms with Crippen molar-refractivity contribution >= 4 is 34.1 Å². The normalized spacial score (nSPS) is 29.8. The number of allylic oxidation sites excluding steroid dienone is 2. The number of hydrogen-bond donors (Lipinski definition) is 7. The van der Waals surface area contributed by atoms with E-state index >= 15 is 0 Å². The Labute approximate surface area is 309 Å². The number of aliphatic hydroxyl groups excluding tert-OH is 2. The number of rotatable bonds is 4. The topological polar surface area (TPSA) is 213 Å². The number of carbonyl (C=O) groups excluding carboxylic acids is 3. The first-order chi connectivity index (χ1) is 24.8. The second kappa shape index (κ2) is 16.2. The van der Waals surface area contributed by atoms with Gasteiger partial charge in [0.1, 0.15) is 23.4 Å². The molecule has 53 heavy (non-hydrogen) atoms. The predicted octanol–water partition coefficient (Wildman–Crippen LogP) is 4.47. The van der Waals surface area contributed by atoms with E-state index in [1.165, 1.54) is 53.2 Å². The summed E-state index contributed by atoms with van der Waals surface area (Å²) in [5.74, 6) is -8.02. The molecule has 2 aromatic carbocycles. The standard InChI is InChI=1S/C39H52N2O12/c1-17-12-11-13-18(2)38(49)41-29-24(16-40-9)33(46)26-27(34(29)47)32(45)22(6)36-28(26)37(48)39(8,53-36)51-15-14-25(50-10)19(3)35(52-23(7)42)21(5)31(44)20(4)30(17)43/h11-15,17,19-21,25,30-31,35,40,43-47H,16H2,1-10H3,(H,41,49)/t17-,19+,20-,21-,25+,30-,31-,35+,39+/m1/s1. The predicted molar refractivity (Wildman–Crippen MR) is 197 cm³/mol. The quantitative estimate of drug-likeness (QED) is 0.131. The fraction of sp³-hybridized carbons (Fsp3) is 0.513. The Bertz CT molecular complexity index is 1850. The minimum Gasteiger partial charge on any atom is -0.507 e. The Hall–Kier alpha value is -4.63. The second-order valence-electron chi connectivity index (χ2n) is 14.2. The fourth-order valence-electron chi connectivity index (χ4n) is 7.14. The number of methoxy groups -OCH3 is 1. The number of aliphatic hydroxyl groups is 2. The fourth-order valence-corrected chi connectivity index (χ4v) is 7.14. The Morgan fingerprint density at radius 2 is 1.62 bits per heavy atom. The smallest absolute Gasteiger partial charge is 0.312 e. The highest BCUT2D eigenvalue weighted by molar-refractivity contribution is 6.22. The van der Waals surface area contributed by atoms with Gasteiger partial charge in [-0.1, -0.05) is 45.9 Å². The third-order valence-electron chi connectivity index (χ3n) is 10.4. The van der Waals surface area contributed by atoms with Crippen molar-refractivity contribution in [3.05, 3.63) is 52.8 Å². The lowest BCUT2D eigenvalue weighted by molar-refractivity contribution is -0.160. The molecule has 3 heterocycles. The molecule has 5 rings (SSSR count). The average molecular weight is 741 g/mol. The van der Waals surface area contributed by atoms with E-state index in [4.69, 9.17) is 18.9 Å². The van der Waals surface area contributed by atoms with Crippen molar-refractivity contribution in [1.82, 2.24) is 5.32 Å². The SMILES string of the molecule is CNCc1c2c(O)c3c(O)c(C)c4c(c3c1O)C(=O)[C@@](C)(OC=C[C@H](OC)[C@H](C)[C@H](OC(C)=O)[C@H](C)[C@H](O)[C@H](C)[C@H](O)[C@H](C)C=CC=C(C)C(=O)N2)O4. The van der Waals surface area contributed by atoms with Crippen molar-refractivity contribution in [1.29, 1.82) is 0 Å². The highest BCUT2D eigenvalue weighted by atomic mass is 16.7. The van der Waals surface area contributed by atoms with Gasteiger partial charge in [0.2, 0.25) is 0 Å². The van der Waals surface area contributed by atoms with Crippen molar-refractivity contribution in [2.75, 3.05) is 19.5 Å². The highest BCUT2D eigenvalue weighted by Crippen LogP contribution is 2.55. The van der Waals surface area contributed by atoms with Gasteiger partial charge in [0, 0.05) is 73.3 Å². The Balaban J connectivity index is 1.94. The summed E-state index contributed by atoms with van der Waals surface area (Å²) in [6.45, 7) is 12.5. The molecule has 2 aromatic rings. The molecule has 9 atom stereocenters. The van der Waals surface area contributed by atoms with Crippen LogP contribution in [0.1, 0.15) is 70.0 Å². The largest absolute Gasteiger partial charge is 0.507 e. The first-order valence-corrected chi connectivity index (χ1v) is 17.5. The van der Waals surface area contributed by atoms with Crippen LogP contribution in [-0.4, -0.2) is 87.6 Å². The third-order valence-corrected chi connectivity index (χ3v) is 10.4. The van der Waals surface area contributed by atoms with Gasteiger partial charge in [-0.15, -0.1) is 0 Å². The number of phenols is 3. The first kappa shape index (κ1) is 41.1. The summed E-state index contributed by atoms with van der Waals surface area (Å²) in [5, 5.41) is 62.4. The Morgan fingerprint density at radius 3 is 2.23 bits per heavy atom. The number of fused-ring (bicyclic) bond motifs is 14. The summed E-state index contributed by atoms with van der Waals surface area (Å²) in [5.41, 5.74) is -0.0314. The molecule has 3 aliphatic heterocycles. The molecule has 0 aromatic heterocycles. The van der Waals surface area contributed by atoms with Gasteiger partial charge in [-0.2, -0.15) is 0 Å².